The van der Waals surface area contributed by atoms with Gasteiger partial charge in [0.25, 0.3) is 0 Å². The fraction of sp³-hybridized carbons (Fsp3) is 0.333. The van der Waals surface area contributed by atoms with Gasteiger partial charge in [-0.05, 0) is 12.1 Å². The summed E-state index contributed by atoms with van der Waals surface area (Å²) in [5, 5.41) is 0. The summed E-state index contributed by atoms with van der Waals surface area (Å²) in [6.07, 6.45) is 0. The van der Waals surface area contributed by atoms with E-state index in [1.165, 1.54) is 14.2 Å². The van der Waals surface area contributed by atoms with E-state index in [4.69, 9.17) is 4.74 Å². The Kier molecular flexibility index (Phi) is 3.79. The maximum absolute atomic E-state index is 13.2. The second-order valence-corrected chi connectivity index (χ2v) is 2.57. The van der Waals surface area contributed by atoms with Gasteiger partial charge in [-0.15, -0.1) is 0 Å². The van der Waals surface area contributed by atoms with E-state index >= 15 is 0 Å². The summed E-state index contributed by atoms with van der Waals surface area (Å²) in [6, 6.07) is 2.06. The Morgan fingerprint density at radius 3 is 2.43 bits per heavy atom. The van der Waals surface area contributed by atoms with Crippen LogP contribution in [-0.4, -0.2) is 14.2 Å². The summed E-state index contributed by atoms with van der Waals surface area (Å²) in [7, 11) is 2.68. The first-order valence-electron chi connectivity index (χ1n) is 3.97. The second-order valence-electron chi connectivity index (χ2n) is 2.57. The first kappa shape index (κ1) is 10.9. The predicted octanol–water partition coefficient (Wildman–Crippen LogP) is 1.62. The molecule has 0 saturated carbocycles. The highest BCUT2D eigenvalue weighted by molar-refractivity contribution is 5.35. The van der Waals surface area contributed by atoms with Gasteiger partial charge in [0.15, 0.2) is 11.6 Å². The molecule has 0 aromatic heterocycles. The molecule has 3 nitrogen and oxygen atoms in total. The molecule has 1 aromatic rings. The quantitative estimate of drug-likeness (QED) is 0.754. The molecule has 0 bridgehead atoms. The van der Waals surface area contributed by atoms with Crippen LogP contribution in [0.1, 0.15) is 5.56 Å². The van der Waals surface area contributed by atoms with E-state index in [1.54, 1.807) is 0 Å². The largest absolute Gasteiger partial charge is 0.493 e. The van der Waals surface area contributed by atoms with Crippen molar-refractivity contribution in [3.05, 3.63) is 29.3 Å². The smallest absolute Gasteiger partial charge is 0.165 e. The molecule has 0 unspecified atom stereocenters. The lowest BCUT2D eigenvalue weighted by Crippen LogP contribution is -2.13. The summed E-state index contributed by atoms with van der Waals surface area (Å²) in [6.45, 7) is 0.0449. The van der Waals surface area contributed by atoms with Gasteiger partial charge in [0, 0.05) is 5.56 Å². The zero-order valence-electron chi connectivity index (χ0n) is 7.93. The highest BCUT2D eigenvalue weighted by atomic mass is 19.1. The molecule has 0 heterocycles. The average Bonchev–Trinajstić information content (AvgIpc) is 2.19. The summed E-state index contributed by atoms with van der Waals surface area (Å²) in [5.41, 5.74) is 2.53. The van der Waals surface area contributed by atoms with E-state index < -0.39 is 11.6 Å². The van der Waals surface area contributed by atoms with E-state index in [9.17, 15) is 8.78 Å². The minimum atomic E-state index is -0.596. The van der Waals surface area contributed by atoms with Gasteiger partial charge in [0.2, 0.25) is 0 Å². The van der Waals surface area contributed by atoms with Crippen molar-refractivity contribution in [1.82, 2.24) is 5.48 Å². The Balaban J connectivity index is 3.03. The Morgan fingerprint density at radius 2 is 1.86 bits per heavy atom. The molecule has 0 spiro atoms. The molecule has 0 aliphatic carbocycles. The van der Waals surface area contributed by atoms with Crippen molar-refractivity contribution < 1.29 is 18.4 Å². The molecule has 1 rings (SSSR count). The van der Waals surface area contributed by atoms with Crippen molar-refractivity contribution in [3.8, 4) is 5.75 Å². The molecule has 0 atom stereocenters. The zero-order valence-corrected chi connectivity index (χ0v) is 7.93. The van der Waals surface area contributed by atoms with Crippen LogP contribution in [0.5, 0.6) is 5.75 Å². The Hall–Kier alpha value is -1.20. The predicted molar refractivity (Wildman–Crippen MR) is 46.8 cm³/mol. The molecule has 0 saturated heterocycles. The number of hydrogen-bond acceptors (Lipinski definition) is 3. The van der Waals surface area contributed by atoms with Crippen LogP contribution in [0.15, 0.2) is 12.1 Å². The molecular formula is C9H11F2NO2. The maximum Gasteiger partial charge on any atom is 0.165 e. The molecule has 0 amide bonds. The van der Waals surface area contributed by atoms with Crippen LogP contribution in [0, 0.1) is 11.6 Å². The van der Waals surface area contributed by atoms with E-state index in [1.807, 2.05) is 0 Å². The van der Waals surface area contributed by atoms with Crippen molar-refractivity contribution in [3.63, 3.8) is 0 Å². The first-order valence-corrected chi connectivity index (χ1v) is 3.97. The van der Waals surface area contributed by atoms with E-state index in [-0.39, 0.29) is 17.9 Å². The Bertz CT molecular complexity index is 318. The van der Waals surface area contributed by atoms with Crippen LogP contribution in [0.25, 0.3) is 0 Å². The van der Waals surface area contributed by atoms with Gasteiger partial charge in [-0.25, -0.2) is 8.78 Å². The van der Waals surface area contributed by atoms with E-state index in [0.29, 0.717) is 0 Å². The Morgan fingerprint density at radius 1 is 1.21 bits per heavy atom. The van der Waals surface area contributed by atoms with E-state index in [0.717, 1.165) is 12.1 Å². The van der Waals surface area contributed by atoms with Crippen molar-refractivity contribution in [2.75, 3.05) is 14.2 Å². The lowest BCUT2D eigenvalue weighted by atomic mass is 10.2. The van der Waals surface area contributed by atoms with Gasteiger partial charge >= 0.3 is 0 Å². The summed E-state index contributed by atoms with van der Waals surface area (Å²) in [5.74, 6) is -1.23. The maximum atomic E-state index is 13.2. The van der Waals surface area contributed by atoms with Crippen molar-refractivity contribution in [2.45, 2.75) is 6.54 Å². The molecular weight excluding hydrogens is 192 g/mol. The van der Waals surface area contributed by atoms with Crippen LogP contribution < -0.4 is 10.2 Å². The van der Waals surface area contributed by atoms with E-state index in [2.05, 4.69) is 10.3 Å². The lowest BCUT2D eigenvalue weighted by Gasteiger charge is -2.10. The third kappa shape index (κ3) is 2.18. The van der Waals surface area contributed by atoms with Gasteiger partial charge in [0.1, 0.15) is 5.82 Å². The number of benzene rings is 1. The summed E-state index contributed by atoms with van der Waals surface area (Å²) in [4.78, 5) is 4.55. The van der Waals surface area contributed by atoms with Crippen molar-refractivity contribution >= 4 is 0 Å². The highest BCUT2D eigenvalue weighted by Gasteiger charge is 2.13. The van der Waals surface area contributed by atoms with Gasteiger partial charge in [-0.2, -0.15) is 5.48 Å². The molecule has 1 aromatic carbocycles. The number of ether oxygens (including phenoxy) is 1. The minimum absolute atomic E-state index is 0.0449. The number of nitrogens with one attached hydrogen (secondary N) is 1. The second kappa shape index (κ2) is 4.88. The van der Waals surface area contributed by atoms with Crippen LogP contribution in [0.4, 0.5) is 8.78 Å². The summed E-state index contributed by atoms with van der Waals surface area (Å²) >= 11 is 0. The van der Waals surface area contributed by atoms with Crippen LogP contribution in [0.2, 0.25) is 0 Å². The van der Waals surface area contributed by atoms with Gasteiger partial charge in [-0.3, -0.25) is 0 Å². The molecule has 14 heavy (non-hydrogen) atoms. The van der Waals surface area contributed by atoms with Gasteiger partial charge in [-0.1, -0.05) is 0 Å². The standard InChI is InChI=1S/C9H11F2NO2/c1-13-9-6(5-12-14-2)7(10)3-4-8(9)11/h3-4,12H,5H2,1-2H3. The molecule has 0 fully saturated rings. The topological polar surface area (TPSA) is 30.5 Å². The minimum Gasteiger partial charge on any atom is -0.493 e. The van der Waals surface area contributed by atoms with Crippen molar-refractivity contribution in [1.29, 1.82) is 0 Å². The van der Waals surface area contributed by atoms with Crippen molar-refractivity contribution in [2.24, 2.45) is 0 Å². The SMILES string of the molecule is CONCc1c(F)ccc(F)c1OC. The molecule has 0 aliphatic heterocycles. The lowest BCUT2D eigenvalue weighted by molar-refractivity contribution is 0.0851. The number of halogens is 2. The third-order valence-electron chi connectivity index (χ3n) is 1.75. The molecule has 5 heteroatoms. The Labute approximate surface area is 80.6 Å². The zero-order chi connectivity index (χ0) is 10.6. The summed E-state index contributed by atoms with van der Waals surface area (Å²) < 4.78 is 31.0. The normalized spacial score (nSPS) is 10.3. The van der Waals surface area contributed by atoms with Crippen LogP contribution >= 0.6 is 0 Å². The number of methoxy groups -OCH3 is 1. The average molecular weight is 203 g/mol. The fourth-order valence-electron chi connectivity index (χ4n) is 1.10. The highest BCUT2D eigenvalue weighted by Crippen LogP contribution is 2.24. The first-order chi connectivity index (χ1) is 6.70. The van der Waals surface area contributed by atoms with Crippen LogP contribution in [-0.2, 0) is 11.4 Å². The molecule has 0 radical (unpaired) electrons. The molecule has 1 N–H and O–H groups in total. The molecule has 78 valence electrons. The van der Waals surface area contributed by atoms with Gasteiger partial charge < -0.3 is 9.57 Å². The number of hydroxylamine groups is 1. The van der Waals surface area contributed by atoms with Crippen LogP contribution in [0.3, 0.4) is 0 Å². The molecule has 0 aliphatic rings. The number of hydrogen-bond donors (Lipinski definition) is 1. The number of rotatable bonds is 4. The fourth-order valence-corrected chi connectivity index (χ4v) is 1.10. The third-order valence-corrected chi connectivity index (χ3v) is 1.75. The van der Waals surface area contributed by atoms with Gasteiger partial charge in [0.05, 0.1) is 20.8 Å². The monoisotopic (exact) mass is 203 g/mol.